The van der Waals surface area contributed by atoms with Crippen LogP contribution in [0.2, 0.25) is 0 Å². The molecule has 29 heavy (non-hydrogen) atoms. The number of aromatic nitrogens is 2. The van der Waals surface area contributed by atoms with Gasteiger partial charge in [-0.25, -0.2) is 4.98 Å². The molecule has 0 atom stereocenters. The summed E-state index contributed by atoms with van der Waals surface area (Å²) >= 11 is 0. The Kier molecular flexibility index (Phi) is 5.20. The second-order valence-electron chi connectivity index (χ2n) is 7.42. The quantitative estimate of drug-likeness (QED) is 0.670. The first-order valence-corrected chi connectivity index (χ1v) is 9.71. The topological polar surface area (TPSA) is 95.5 Å². The number of rotatable bonds is 6. The predicted molar refractivity (Wildman–Crippen MR) is 108 cm³/mol. The van der Waals surface area contributed by atoms with Crippen molar-refractivity contribution in [3.8, 4) is 5.75 Å². The van der Waals surface area contributed by atoms with Gasteiger partial charge in [-0.15, -0.1) is 0 Å². The summed E-state index contributed by atoms with van der Waals surface area (Å²) in [5.41, 5.74) is 1.34. The zero-order valence-electron chi connectivity index (χ0n) is 16.0. The second kappa shape index (κ2) is 7.95. The summed E-state index contributed by atoms with van der Waals surface area (Å²) in [5.74, 6) is -0.170. The lowest BCUT2D eigenvalue weighted by Gasteiger charge is -2.38. The Morgan fingerprint density at radius 2 is 1.90 bits per heavy atom. The Balaban J connectivity index is 1.38. The molecule has 2 aromatic carbocycles. The maximum atomic E-state index is 12.9. The van der Waals surface area contributed by atoms with Gasteiger partial charge in [0.15, 0.2) is 0 Å². The second-order valence-corrected chi connectivity index (χ2v) is 7.42. The molecule has 0 radical (unpaired) electrons. The molecule has 1 fully saturated rings. The summed E-state index contributed by atoms with van der Waals surface area (Å²) in [5, 5.41) is 9.85. The van der Waals surface area contributed by atoms with Gasteiger partial charge in [-0.2, -0.15) is 0 Å². The largest absolute Gasteiger partial charge is 0.494 e. The van der Waals surface area contributed by atoms with Crippen LogP contribution in [-0.4, -0.2) is 51.5 Å². The lowest BCUT2D eigenvalue weighted by atomic mass is 9.76. The Labute approximate surface area is 168 Å². The molecular formula is C22H23N3O4. The van der Waals surface area contributed by atoms with Crippen molar-refractivity contribution in [3.05, 3.63) is 60.4 Å². The van der Waals surface area contributed by atoms with Gasteiger partial charge in [-0.3, -0.25) is 9.59 Å². The van der Waals surface area contributed by atoms with Crippen molar-refractivity contribution in [2.24, 2.45) is 5.41 Å². The number of H-pyrrole nitrogens is 1. The highest BCUT2D eigenvalue weighted by molar-refractivity contribution is 5.97. The zero-order chi connectivity index (χ0) is 20.3. The van der Waals surface area contributed by atoms with Crippen molar-refractivity contribution >= 4 is 22.9 Å². The molecule has 2 heterocycles. The van der Waals surface area contributed by atoms with Gasteiger partial charge in [0.1, 0.15) is 5.75 Å². The lowest BCUT2D eigenvalue weighted by Crippen LogP contribution is -2.47. The summed E-state index contributed by atoms with van der Waals surface area (Å²) in [6, 6.07) is 14.7. The SMILES string of the molecule is O=C(c1ccc2nc[nH]c2c1)N1CCC(CCOc2ccccc2)(C(=O)O)CC1. The minimum atomic E-state index is -0.862. The maximum Gasteiger partial charge on any atom is 0.309 e. The highest BCUT2D eigenvalue weighted by Crippen LogP contribution is 2.36. The Morgan fingerprint density at radius 3 is 2.62 bits per heavy atom. The molecule has 1 saturated heterocycles. The number of benzene rings is 2. The monoisotopic (exact) mass is 393 g/mol. The minimum Gasteiger partial charge on any atom is -0.494 e. The number of hydrogen-bond acceptors (Lipinski definition) is 4. The van der Waals surface area contributed by atoms with Crippen molar-refractivity contribution in [3.63, 3.8) is 0 Å². The minimum absolute atomic E-state index is 0.0824. The van der Waals surface area contributed by atoms with Gasteiger partial charge in [0.2, 0.25) is 0 Å². The molecule has 0 unspecified atom stereocenters. The van der Waals surface area contributed by atoms with E-state index in [-0.39, 0.29) is 5.91 Å². The van der Waals surface area contributed by atoms with E-state index in [1.807, 2.05) is 36.4 Å². The number of carbonyl (C=O) groups is 2. The molecule has 1 amide bonds. The van der Waals surface area contributed by atoms with Gasteiger partial charge in [0, 0.05) is 18.7 Å². The number of nitrogens with one attached hydrogen (secondary N) is 1. The molecule has 0 saturated carbocycles. The van der Waals surface area contributed by atoms with E-state index in [2.05, 4.69) is 9.97 Å². The number of imidazole rings is 1. The van der Waals surface area contributed by atoms with Crippen LogP contribution in [0.25, 0.3) is 11.0 Å². The standard InChI is InChI=1S/C22H23N3O4/c26-20(16-6-7-18-19(14-16)24-15-23-18)25-11-8-22(9-12-25,21(27)28)10-13-29-17-4-2-1-3-5-17/h1-7,14-15H,8-13H2,(H,23,24)(H,27,28). The van der Waals surface area contributed by atoms with Crippen LogP contribution in [0.5, 0.6) is 5.75 Å². The van der Waals surface area contributed by atoms with E-state index in [0.29, 0.717) is 44.5 Å². The third kappa shape index (κ3) is 3.94. The fraction of sp³-hybridized carbons (Fsp3) is 0.318. The van der Waals surface area contributed by atoms with Crippen LogP contribution in [0.1, 0.15) is 29.6 Å². The van der Waals surface area contributed by atoms with E-state index < -0.39 is 11.4 Å². The first-order valence-electron chi connectivity index (χ1n) is 9.71. The summed E-state index contributed by atoms with van der Waals surface area (Å²) < 4.78 is 5.71. The van der Waals surface area contributed by atoms with Crippen LogP contribution >= 0.6 is 0 Å². The molecule has 0 bridgehead atoms. The molecular weight excluding hydrogens is 370 g/mol. The molecule has 2 N–H and O–H groups in total. The predicted octanol–water partition coefficient (Wildman–Crippen LogP) is 3.34. The number of aliphatic carboxylic acids is 1. The molecule has 0 spiro atoms. The van der Waals surface area contributed by atoms with Crippen LogP contribution in [0.3, 0.4) is 0 Å². The van der Waals surface area contributed by atoms with E-state index in [0.717, 1.165) is 16.8 Å². The van der Waals surface area contributed by atoms with Crippen molar-refractivity contribution in [1.29, 1.82) is 0 Å². The molecule has 1 aliphatic heterocycles. The number of aromatic amines is 1. The molecule has 1 aromatic heterocycles. The smallest absolute Gasteiger partial charge is 0.309 e. The van der Waals surface area contributed by atoms with Gasteiger partial charge < -0.3 is 19.7 Å². The first-order chi connectivity index (χ1) is 14.1. The van der Waals surface area contributed by atoms with Crippen LogP contribution in [0.4, 0.5) is 0 Å². The highest BCUT2D eigenvalue weighted by atomic mass is 16.5. The van der Waals surface area contributed by atoms with Gasteiger partial charge >= 0.3 is 5.97 Å². The van der Waals surface area contributed by atoms with E-state index in [4.69, 9.17) is 4.74 Å². The number of fused-ring (bicyclic) bond motifs is 1. The Bertz CT molecular complexity index is 1010. The van der Waals surface area contributed by atoms with Gasteiger partial charge in [-0.05, 0) is 49.6 Å². The number of ether oxygens (including phenoxy) is 1. The molecule has 1 aliphatic rings. The number of amides is 1. The fourth-order valence-corrected chi connectivity index (χ4v) is 3.84. The van der Waals surface area contributed by atoms with Crippen molar-refractivity contribution in [1.82, 2.24) is 14.9 Å². The number of piperidine rings is 1. The Morgan fingerprint density at radius 1 is 1.14 bits per heavy atom. The number of nitrogens with zero attached hydrogens (tertiary/aromatic N) is 2. The van der Waals surface area contributed by atoms with Crippen molar-refractivity contribution < 1.29 is 19.4 Å². The molecule has 7 heteroatoms. The fourth-order valence-electron chi connectivity index (χ4n) is 3.84. The molecule has 0 aliphatic carbocycles. The van der Waals surface area contributed by atoms with Gasteiger partial charge in [0.25, 0.3) is 5.91 Å². The zero-order valence-corrected chi connectivity index (χ0v) is 16.0. The average molecular weight is 393 g/mol. The van der Waals surface area contributed by atoms with Gasteiger partial charge in [-0.1, -0.05) is 18.2 Å². The summed E-state index contributed by atoms with van der Waals surface area (Å²) in [4.78, 5) is 33.8. The summed E-state index contributed by atoms with van der Waals surface area (Å²) in [6.45, 7) is 1.16. The van der Waals surface area contributed by atoms with Gasteiger partial charge in [0.05, 0.1) is 29.4 Å². The number of likely N-dealkylation sites (tertiary alicyclic amines) is 1. The maximum absolute atomic E-state index is 12.9. The number of hydrogen-bond donors (Lipinski definition) is 2. The molecule has 150 valence electrons. The van der Waals surface area contributed by atoms with Crippen LogP contribution in [0, 0.1) is 5.41 Å². The number of para-hydroxylation sites is 1. The third-order valence-corrected chi connectivity index (χ3v) is 5.72. The van der Waals surface area contributed by atoms with Crippen LogP contribution < -0.4 is 4.74 Å². The van der Waals surface area contributed by atoms with E-state index in [9.17, 15) is 14.7 Å². The number of carboxylic acids is 1. The molecule has 3 aromatic rings. The van der Waals surface area contributed by atoms with Crippen molar-refractivity contribution in [2.45, 2.75) is 19.3 Å². The van der Waals surface area contributed by atoms with E-state index in [1.54, 1.807) is 23.4 Å². The summed E-state index contributed by atoms with van der Waals surface area (Å²) in [6.07, 6.45) is 2.84. The van der Waals surface area contributed by atoms with E-state index >= 15 is 0 Å². The Hall–Kier alpha value is -3.35. The number of carbonyl (C=O) groups excluding carboxylic acids is 1. The third-order valence-electron chi connectivity index (χ3n) is 5.72. The van der Waals surface area contributed by atoms with Crippen LogP contribution in [0.15, 0.2) is 54.9 Å². The summed E-state index contributed by atoms with van der Waals surface area (Å²) in [7, 11) is 0. The molecule has 7 nitrogen and oxygen atoms in total. The van der Waals surface area contributed by atoms with E-state index in [1.165, 1.54) is 0 Å². The molecule has 4 rings (SSSR count). The van der Waals surface area contributed by atoms with Crippen LogP contribution in [-0.2, 0) is 4.79 Å². The highest BCUT2D eigenvalue weighted by Gasteiger charge is 2.42. The first kappa shape index (κ1) is 19.0. The average Bonchev–Trinajstić information content (AvgIpc) is 3.22. The number of carboxylic acid groups (broad SMARTS) is 1. The lowest BCUT2D eigenvalue weighted by molar-refractivity contribution is -0.152. The van der Waals surface area contributed by atoms with Crippen molar-refractivity contribution in [2.75, 3.05) is 19.7 Å². The normalized spacial score (nSPS) is 15.9.